The van der Waals surface area contributed by atoms with Crippen LogP contribution in [0.1, 0.15) is 49.5 Å². The molecule has 2 unspecified atom stereocenters. The Morgan fingerprint density at radius 3 is 2.24 bits per heavy atom. The number of nitrogens with one attached hydrogen (secondary N) is 2. The lowest BCUT2D eigenvalue weighted by atomic mass is 9.92. The Bertz CT molecular complexity index is 1860. The number of halogens is 1. The number of nitrogens with zero attached hydrogens (tertiary/aromatic N) is 1. The molecule has 9 nitrogen and oxygen atoms in total. The lowest BCUT2D eigenvalue weighted by Crippen LogP contribution is -2.50. The van der Waals surface area contributed by atoms with Crippen molar-refractivity contribution >= 4 is 33.2 Å². The summed E-state index contributed by atoms with van der Waals surface area (Å²) in [6.45, 7) is 6.23. The highest BCUT2D eigenvalue weighted by Crippen LogP contribution is 2.38. The van der Waals surface area contributed by atoms with E-state index < -0.39 is 39.7 Å². The summed E-state index contributed by atoms with van der Waals surface area (Å²) in [7, 11) is -3.95. The second kappa shape index (κ2) is 16.3. The van der Waals surface area contributed by atoms with E-state index in [4.69, 9.17) is 10.5 Å². The van der Waals surface area contributed by atoms with Gasteiger partial charge in [-0.2, -0.15) is 0 Å². The standard InChI is InChI=1S/C39H45FN4O5S/c1-4-44(50(47,48)35-13-9-6-10-14-35)33-22-29(23-34(24-33)49-25-30-19-26(30)2)39(46)43-37(21-28-11-7-5-8-12-28)36(41)20-27(3)38(45)42-32-17-15-31(40)16-18-32/h5-18,22-24,26-27,30,36-37H,4,19-21,25,41H2,1-3H3,(H,42,45)(H,43,46)/t26?,27-,30?,36+,37+/m1/s1. The molecule has 0 bridgehead atoms. The van der Waals surface area contributed by atoms with E-state index in [0.29, 0.717) is 42.0 Å². The Hall–Kier alpha value is -4.74. The first-order valence-electron chi connectivity index (χ1n) is 17.0. The molecular weight excluding hydrogens is 656 g/mol. The minimum Gasteiger partial charge on any atom is -0.493 e. The number of ether oxygens (including phenoxy) is 1. The zero-order valence-electron chi connectivity index (χ0n) is 28.6. The van der Waals surface area contributed by atoms with E-state index in [9.17, 15) is 22.4 Å². The van der Waals surface area contributed by atoms with E-state index in [2.05, 4.69) is 17.6 Å². The molecule has 4 N–H and O–H groups in total. The molecule has 11 heteroatoms. The van der Waals surface area contributed by atoms with E-state index in [1.807, 2.05) is 30.3 Å². The topological polar surface area (TPSA) is 131 Å². The molecule has 4 aromatic rings. The maximum absolute atomic E-state index is 14.1. The monoisotopic (exact) mass is 700 g/mol. The molecule has 0 aliphatic heterocycles. The molecule has 1 saturated carbocycles. The van der Waals surface area contributed by atoms with Gasteiger partial charge in [0.1, 0.15) is 11.6 Å². The Kier molecular flexibility index (Phi) is 11.9. The van der Waals surface area contributed by atoms with Crippen LogP contribution in [0, 0.1) is 23.6 Å². The SMILES string of the molecule is CCN(c1cc(OCC2CC2C)cc(C(=O)N[C@@H](Cc2ccccc2)[C@@H](N)C[C@@H](C)C(=O)Nc2ccc(F)cc2)c1)S(=O)(=O)c1ccccc1. The summed E-state index contributed by atoms with van der Waals surface area (Å²) in [5.41, 5.74) is 8.67. The van der Waals surface area contributed by atoms with Gasteiger partial charge in [0.2, 0.25) is 5.91 Å². The predicted molar refractivity (Wildman–Crippen MR) is 194 cm³/mol. The van der Waals surface area contributed by atoms with Gasteiger partial charge in [0.15, 0.2) is 0 Å². The smallest absolute Gasteiger partial charge is 0.264 e. The van der Waals surface area contributed by atoms with Crippen molar-refractivity contribution < 1.29 is 27.1 Å². The van der Waals surface area contributed by atoms with Crippen molar-refractivity contribution in [2.24, 2.45) is 23.5 Å². The molecule has 0 aromatic heterocycles. The molecule has 4 aromatic carbocycles. The quantitative estimate of drug-likeness (QED) is 0.124. The molecule has 264 valence electrons. The van der Waals surface area contributed by atoms with Crippen LogP contribution < -0.4 is 25.4 Å². The molecule has 0 spiro atoms. The zero-order chi connectivity index (χ0) is 35.8. The van der Waals surface area contributed by atoms with Gasteiger partial charge in [-0.05, 0) is 92.1 Å². The number of nitrogens with two attached hydrogens (primary N) is 1. The summed E-state index contributed by atoms with van der Waals surface area (Å²) in [4.78, 5) is 27.2. The second-order valence-corrected chi connectivity index (χ2v) is 14.9. The molecular formula is C39H45FN4O5S. The summed E-state index contributed by atoms with van der Waals surface area (Å²) in [6.07, 6.45) is 1.69. The fraction of sp³-hybridized carbons (Fsp3) is 0.333. The van der Waals surface area contributed by atoms with Crippen molar-refractivity contribution in [2.75, 3.05) is 22.8 Å². The molecule has 1 fully saturated rings. The molecule has 2 amide bonds. The number of hydrogen-bond acceptors (Lipinski definition) is 6. The average Bonchev–Trinajstić information content (AvgIpc) is 3.83. The van der Waals surface area contributed by atoms with Crippen LogP contribution in [-0.2, 0) is 21.2 Å². The average molecular weight is 701 g/mol. The first kappa shape index (κ1) is 36.5. The van der Waals surface area contributed by atoms with Crippen LogP contribution in [0.4, 0.5) is 15.8 Å². The predicted octanol–water partition coefficient (Wildman–Crippen LogP) is 6.41. The summed E-state index contributed by atoms with van der Waals surface area (Å²) in [5, 5.41) is 5.88. The first-order valence-corrected chi connectivity index (χ1v) is 18.4. The maximum Gasteiger partial charge on any atom is 0.264 e. The van der Waals surface area contributed by atoms with Gasteiger partial charge < -0.3 is 21.1 Å². The highest BCUT2D eigenvalue weighted by molar-refractivity contribution is 7.92. The highest BCUT2D eigenvalue weighted by Gasteiger charge is 2.33. The fourth-order valence-electron chi connectivity index (χ4n) is 5.89. The molecule has 0 heterocycles. The van der Waals surface area contributed by atoms with Crippen LogP contribution in [0.3, 0.4) is 0 Å². The Labute approximate surface area is 294 Å². The van der Waals surface area contributed by atoms with Gasteiger partial charge in [-0.15, -0.1) is 0 Å². The first-order chi connectivity index (χ1) is 23.9. The van der Waals surface area contributed by atoms with Crippen LogP contribution in [0.15, 0.2) is 108 Å². The Morgan fingerprint density at radius 2 is 1.62 bits per heavy atom. The number of hydrogen-bond donors (Lipinski definition) is 3. The number of anilines is 2. The van der Waals surface area contributed by atoms with Crippen molar-refractivity contribution in [3.05, 3.63) is 120 Å². The van der Waals surface area contributed by atoms with E-state index >= 15 is 0 Å². The van der Waals surface area contributed by atoms with Gasteiger partial charge in [0.05, 0.1) is 17.2 Å². The minimum absolute atomic E-state index is 0.126. The van der Waals surface area contributed by atoms with Crippen molar-refractivity contribution in [3.8, 4) is 5.75 Å². The highest BCUT2D eigenvalue weighted by atomic mass is 32.2. The zero-order valence-corrected chi connectivity index (χ0v) is 29.4. The third-order valence-corrected chi connectivity index (χ3v) is 11.0. The molecule has 1 aliphatic rings. The number of benzene rings is 4. The van der Waals surface area contributed by atoms with E-state index in [-0.39, 0.29) is 29.3 Å². The molecule has 0 saturated heterocycles. The number of amides is 2. The fourth-order valence-corrected chi connectivity index (χ4v) is 7.37. The third-order valence-electron chi connectivity index (χ3n) is 9.12. The van der Waals surface area contributed by atoms with E-state index in [1.165, 1.54) is 40.7 Å². The molecule has 50 heavy (non-hydrogen) atoms. The van der Waals surface area contributed by atoms with Gasteiger partial charge in [0, 0.05) is 41.9 Å². The van der Waals surface area contributed by atoms with Crippen molar-refractivity contribution in [1.82, 2.24) is 5.32 Å². The summed E-state index contributed by atoms with van der Waals surface area (Å²) >= 11 is 0. The molecule has 1 aliphatic carbocycles. The van der Waals surface area contributed by atoms with Crippen molar-refractivity contribution in [1.29, 1.82) is 0 Å². The van der Waals surface area contributed by atoms with Gasteiger partial charge >= 0.3 is 0 Å². The third kappa shape index (κ3) is 9.48. The maximum atomic E-state index is 14.1. The number of sulfonamides is 1. The number of carbonyl (C=O) groups is 2. The summed E-state index contributed by atoms with van der Waals surface area (Å²) in [6, 6.07) is 26.9. The van der Waals surface area contributed by atoms with Gasteiger partial charge in [-0.25, -0.2) is 12.8 Å². The summed E-state index contributed by atoms with van der Waals surface area (Å²) < 4.78 is 48.3. The van der Waals surface area contributed by atoms with Crippen molar-refractivity contribution in [3.63, 3.8) is 0 Å². The Morgan fingerprint density at radius 1 is 0.980 bits per heavy atom. The van der Waals surface area contributed by atoms with Crippen LogP contribution in [-0.4, -0.2) is 45.5 Å². The van der Waals surface area contributed by atoms with E-state index in [0.717, 1.165) is 12.0 Å². The van der Waals surface area contributed by atoms with Crippen LogP contribution in [0.5, 0.6) is 5.75 Å². The van der Waals surface area contributed by atoms with Crippen LogP contribution in [0.2, 0.25) is 0 Å². The normalized spacial score (nSPS) is 17.2. The van der Waals surface area contributed by atoms with Crippen LogP contribution >= 0.6 is 0 Å². The number of rotatable bonds is 16. The van der Waals surface area contributed by atoms with Gasteiger partial charge in [-0.3, -0.25) is 13.9 Å². The lowest BCUT2D eigenvalue weighted by Gasteiger charge is -2.28. The minimum atomic E-state index is -3.95. The van der Waals surface area contributed by atoms with E-state index in [1.54, 1.807) is 50.2 Å². The molecule has 0 radical (unpaired) electrons. The Balaban J connectivity index is 1.40. The van der Waals surface area contributed by atoms with Crippen molar-refractivity contribution in [2.45, 2.75) is 57.0 Å². The molecule has 5 atom stereocenters. The largest absolute Gasteiger partial charge is 0.493 e. The van der Waals surface area contributed by atoms with Crippen LogP contribution in [0.25, 0.3) is 0 Å². The van der Waals surface area contributed by atoms with Gasteiger partial charge in [-0.1, -0.05) is 62.4 Å². The van der Waals surface area contributed by atoms with Gasteiger partial charge in [0.25, 0.3) is 15.9 Å². The second-order valence-electron chi connectivity index (χ2n) is 13.0. The summed E-state index contributed by atoms with van der Waals surface area (Å²) in [5.74, 6) is -0.323. The lowest BCUT2D eigenvalue weighted by molar-refractivity contribution is -0.119. The molecule has 5 rings (SSSR count). The number of carbonyl (C=O) groups excluding carboxylic acids is 2.